The van der Waals surface area contributed by atoms with E-state index in [1.165, 1.54) is 17.1 Å². The highest BCUT2D eigenvalue weighted by Gasteiger charge is 2.44. The first-order chi connectivity index (χ1) is 17.0. The molecular formula is C24H22FN7O3. The SMILES string of the molecule is O=C(C(=O)N1CC2CN(C(O)c3ccccc3)CC2C1)c1c[nH]c2c(-n3ccnn3)ncc(F)c12. The number of hydrogen-bond acceptors (Lipinski definition) is 7. The van der Waals surface area contributed by atoms with Crippen molar-refractivity contribution < 1.29 is 19.1 Å². The summed E-state index contributed by atoms with van der Waals surface area (Å²) in [7, 11) is 0. The van der Waals surface area contributed by atoms with Crippen molar-refractivity contribution in [3.8, 4) is 5.82 Å². The number of aliphatic hydroxyl groups is 1. The molecule has 2 saturated heterocycles. The van der Waals surface area contributed by atoms with Crippen LogP contribution in [-0.2, 0) is 4.79 Å². The molecule has 0 radical (unpaired) electrons. The van der Waals surface area contributed by atoms with Gasteiger partial charge in [-0.3, -0.25) is 14.5 Å². The number of aliphatic hydroxyl groups excluding tert-OH is 1. The second kappa shape index (κ2) is 8.36. The van der Waals surface area contributed by atoms with Crippen molar-refractivity contribution in [2.24, 2.45) is 11.8 Å². The standard InChI is InChI=1S/C24H22FN7O3/c25-18-9-27-22(32-7-6-28-29-32)20-19(18)17(8-26-20)21(33)24(35)31-12-15-10-30(11-16(15)13-31)23(34)14-4-2-1-3-5-14/h1-9,15-16,23,26,34H,10-13H2. The van der Waals surface area contributed by atoms with Crippen LogP contribution in [0.4, 0.5) is 4.39 Å². The number of hydrogen-bond donors (Lipinski definition) is 2. The first-order valence-corrected chi connectivity index (χ1v) is 11.3. The van der Waals surface area contributed by atoms with E-state index in [2.05, 4.69) is 20.3 Å². The molecule has 10 nitrogen and oxygen atoms in total. The van der Waals surface area contributed by atoms with E-state index < -0.39 is 23.7 Å². The van der Waals surface area contributed by atoms with Crippen molar-refractivity contribution in [1.29, 1.82) is 0 Å². The third-order valence-corrected chi connectivity index (χ3v) is 6.97. The average Bonchev–Trinajstić information content (AvgIpc) is 3.67. The highest BCUT2D eigenvalue weighted by molar-refractivity contribution is 6.45. The lowest BCUT2D eigenvalue weighted by Gasteiger charge is -2.25. The molecular weight excluding hydrogens is 453 g/mol. The molecule has 178 valence electrons. The molecule has 2 N–H and O–H groups in total. The maximum absolute atomic E-state index is 14.7. The van der Waals surface area contributed by atoms with Crippen LogP contribution in [0.2, 0.25) is 0 Å². The summed E-state index contributed by atoms with van der Waals surface area (Å²) in [6.07, 6.45) is 4.65. The van der Waals surface area contributed by atoms with Gasteiger partial charge in [0.1, 0.15) is 6.23 Å². The Bertz CT molecular complexity index is 1390. The zero-order valence-electron chi connectivity index (χ0n) is 18.6. The number of rotatable bonds is 5. The third-order valence-electron chi connectivity index (χ3n) is 6.97. The lowest BCUT2D eigenvalue weighted by atomic mass is 10.0. The van der Waals surface area contributed by atoms with Crippen molar-refractivity contribution in [3.05, 3.63) is 72.1 Å². The maximum atomic E-state index is 14.7. The van der Waals surface area contributed by atoms with E-state index in [-0.39, 0.29) is 34.1 Å². The van der Waals surface area contributed by atoms with Crippen molar-refractivity contribution in [1.82, 2.24) is 34.8 Å². The van der Waals surface area contributed by atoms with Crippen LogP contribution in [0.15, 0.2) is 55.1 Å². The third kappa shape index (κ3) is 3.60. The Morgan fingerprint density at radius 2 is 1.86 bits per heavy atom. The zero-order chi connectivity index (χ0) is 24.1. The average molecular weight is 475 g/mol. The Balaban J connectivity index is 1.19. The molecule has 4 aromatic rings. The highest BCUT2D eigenvalue weighted by atomic mass is 19.1. The van der Waals surface area contributed by atoms with Gasteiger partial charge < -0.3 is 15.0 Å². The van der Waals surface area contributed by atoms with Gasteiger partial charge in [-0.1, -0.05) is 35.5 Å². The second-order valence-corrected chi connectivity index (χ2v) is 9.03. The smallest absolute Gasteiger partial charge is 0.295 e. The molecule has 2 aliphatic heterocycles. The molecule has 1 aromatic carbocycles. The topological polar surface area (TPSA) is 120 Å². The molecule has 3 unspecified atom stereocenters. The largest absolute Gasteiger partial charge is 0.374 e. The lowest BCUT2D eigenvalue weighted by Crippen LogP contribution is -2.38. The molecule has 2 fully saturated rings. The van der Waals surface area contributed by atoms with E-state index in [0.717, 1.165) is 11.8 Å². The van der Waals surface area contributed by atoms with Gasteiger partial charge in [0.2, 0.25) is 0 Å². The number of amides is 1. The van der Waals surface area contributed by atoms with Gasteiger partial charge >= 0.3 is 0 Å². The molecule has 35 heavy (non-hydrogen) atoms. The number of halogens is 1. The van der Waals surface area contributed by atoms with Crippen molar-refractivity contribution in [2.45, 2.75) is 6.23 Å². The van der Waals surface area contributed by atoms with Gasteiger partial charge in [0.15, 0.2) is 11.6 Å². The predicted octanol–water partition coefficient (Wildman–Crippen LogP) is 1.55. The van der Waals surface area contributed by atoms with Crippen LogP contribution >= 0.6 is 0 Å². The molecule has 3 aromatic heterocycles. The molecule has 0 aliphatic carbocycles. The number of H-pyrrole nitrogens is 1. The van der Waals surface area contributed by atoms with Crippen LogP contribution < -0.4 is 0 Å². The summed E-state index contributed by atoms with van der Waals surface area (Å²) in [5.41, 5.74) is 1.05. The minimum atomic E-state index is -0.771. The number of likely N-dealkylation sites (tertiary alicyclic amines) is 2. The van der Waals surface area contributed by atoms with E-state index in [4.69, 9.17) is 0 Å². The predicted molar refractivity (Wildman–Crippen MR) is 122 cm³/mol. The summed E-state index contributed by atoms with van der Waals surface area (Å²) in [5, 5.41) is 18.3. The van der Waals surface area contributed by atoms with Crippen molar-refractivity contribution in [2.75, 3.05) is 26.2 Å². The lowest BCUT2D eigenvalue weighted by molar-refractivity contribution is -0.125. The number of Topliss-reactive ketones (excluding diaryl/α,β-unsaturated/α-hetero) is 1. The maximum Gasteiger partial charge on any atom is 0.295 e. The summed E-state index contributed by atoms with van der Waals surface area (Å²) in [4.78, 5) is 36.7. The number of aromatic nitrogens is 5. The fourth-order valence-electron chi connectivity index (χ4n) is 5.26. The normalized spacial score (nSPS) is 20.9. The van der Waals surface area contributed by atoms with Gasteiger partial charge in [0.25, 0.3) is 11.7 Å². The summed E-state index contributed by atoms with van der Waals surface area (Å²) in [5.74, 6) is -1.54. The fraction of sp³-hybridized carbons (Fsp3) is 0.292. The van der Waals surface area contributed by atoms with Crippen LogP contribution in [0.1, 0.15) is 22.1 Å². The van der Waals surface area contributed by atoms with E-state index in [0.29, 0.717) is 26.2 Å². The number of aromatic amines is 1. The Kier molecular flexibility index (Phi) is 5.15. The Morgan fingerprint density at radius 1 is 1.11 bits per heavy atom. The van der Waals surface area contributed by atoms with Gasteiger partial charge in [-0.25, -0.2) is 14.1 Å². The van der Waals surface area contributed by atoms with Crippen molar-refractivity contribution >= 4 is 22.6 Å². The number of benzene rings is 1. The van der Waals surface area contributed by atoms with Crippen LogP contribution in [0.25, 0.3) is 16.7 Å². The first kappa shape index (κ1) is 21.6. The summed E-state index contributed by atoms with van der Waals surface area (Å²) in [6.45, 7) is 2.11. The van der Waals surface area contributed by atoms with Crippen LogP contribution in [0.3, 0.4) is 0 Å². The Morgan fingerprint density at radius 3 is 2.54 bits per heavy atom. The van der Waals surface area contributed by atoms with Gasteiger partial charge in [0.05, 0.1) is 35.1 Å². The minimum Gasteiger partial charge on any atom is -0.374 e. The number of ketones is 1. The molecule has 0 bridgehead atoms. The van der Waals surface area contributed by atoms with Gasteiger partial charge in [-0.2, -0.15) is 0 Å². The zero-order valence-corrected chi connectivity index (χ0v) is 18.6. The molecule has 6 rings (SSSR count). The van der Waals surface area contributed by atoms with Gasteiger partial charge in [0, 0.05) is 32.4 Å². The van der Waals surface area contributed by atoms with Crippen LogP contribution in [0.5, 0.6) is 0 Å². The minimum absolute atomic E-state index is 0.000370. The molecule has 5 heterocycles. The molecule has 11 heteroatoms. The second-order valence-electron chi connectivity index (χ2n) is 9.03. The van der Waals surface area contributed by atoms with E-state index in [1.54, 1.807) is 11.1 Å². The highest BCUT2D eigenvalue weighted by Crippen LogP contribution is 2.35. The summed E-state index contributed by atoms with van der Waals surface area (Å²) >= 11 is 0. The number of pyridine rings is 1. The first-order valence-electron chi connectivity index (χ1n) is 11.3. The molecule has 3 atom stereocenters. The van der Waals surface area contributed by atoms with E-state index in [1.807, 2.05) is 35.2 Å². The van der Waals surface area contributed by atoms with Crippen LogP contribution in [0, 0.1) is 17.7 Å². The van der Waals surface area contributed by atoms with Crippen molar-refractivity contribution in [3.63, 3.8) is 0 Å². The molecule has 0 spiro atoms. The van der Waals surface area contributed by atoms with E-state index >= 15 is 0 Å². The van der Waals surface area contributed by atoms with E-state index in [9.17, 15) is 19.1 Å². The Labute approximate surface area is 199 Å². The number of fused-ring (bicyclic) bond motifs is 2. The summed E-state index contributed by atoms with van der Waals surface area (Å²) in [6, 6.07) is 9.45. The fourth-order valence-corrected chi connectivity index (χ4v) is 5.26. The quantitative estimate of drug-likeness (QED) is 0.332. The van der Waals surface area contributed by atoms with Crippen LogP contribution in [-0.4, -0.2) is 77.7 Å². The number of carbonyl (C=O) groups is 2. The molecule has 1 amide bonds. The van der Waals surface area contributed by atoms with Gasteiger partial charge in [-0.15, -0.1) is 5.10 Å². The molecule has 2 aliphatic rings. The number of nitrogens with zero attached hydrogens (tertiary/aromatic N) is 6. The van der Waals surface area contributed by atoms with Gasteiger partial charge in [-0.05, 0) is 17.4 Å². The number of nitrogens with one attached hydrogen (secondary N) is 1. The Hall–Kier alpha value is -3.96. The monoisotopic (exact) mass is 475 g/mol. The molecule has 0 saturated carbocycles. The number of carbonyl (C=O) groups excluding carboxylic acids is 2. The summed E-state index contributed by atoms with van der Waals surface area (Å²) < 4.78 is 16.1.